The van der Waals surface area contributed by atoms with Gasteiger partial charge in [-0.2, -0.15) is 0 Å². The van der Waals surface area contributed by atoms with E-state index in [1.807, 2.05) is 61.5 Å². The highest BCUT2D eigenvalue weighted by Gasteiger charge is 2.19. The molecule has 1 heterocycles. The van der Waals surface area contributed by atoms with Gasteiger partial charge in [-0.3, -0.25) is 4.79 Å². The predicted molar refractivity (Wildman–Crippen MR) is 127 cm³/mol. The summed E-state index contributed by atoms with van der Waals surface area (Å²) in [5.41, 5.74) is 2.45. The van der Waals surface area contributed by atoms with Crippen LogP contribution in [-0.4, -0.2) is 22.1 Å². The monoisotopic (exact) mass is 497 g/mol. The van der Waals surface area contributed by atoms with Crippen molar-refractivity contribution in [3.05, 3.63) is 93.7 Å². The number of amides is 1. The Kier molecular flexibility index (Phi) is 6.59. The Hall–Kier alpha value is -2.83. The molecule has 0 aliphatic rings. The number of carbonyl (C=O) groups is 1. The van der Waals surface area contributed by atoms with E-state index in [2.05, 4.69) is 25.8 Å². The third kappa shape index (κ3) is 4.92. The molecule has 0 radical (unpaired) electrons. The predicted octanol–water partition coefficient (Wildman–Crippen LogP) is 6.02. The molecule has 1 unspecified atom stereocenters. The quantitative estimate of drug-likeness (QED) is 0.339. The van der Waals surface area contributed by atoms with E-state index in [1.54, 1.807) is 18.2 Å². The first kappa shape index (κ1) is 21.4. The van der Waals surface area contributed by atoms with Gasteiger partial charge >= 0.3 is 0 Å². The number of nitrogens with one attached hydrogen (secondary N) is 1. The number of para-hydroxylation sites is 3. The number of rotatable bonds is 7. The minimum Gasteiger partial charge on any atom is -0.490 e. The normalized spacial score (nSPS) is 12.0. The van der Waals surface area contributed by atoms with Crippen LogP contribution in [-0.2, 0) is 6.54 Å². The lowest BCUT2D eigenvalue weighted by atomic mass is 10.2. The molecule has 4 rings (SSSR count). The van der Waals surface area contributed by atoms with E-state index in [4.69, 9.17) is 21.3 Å². The van der Waals surface area contributed by atoms with Crippen molar-refractivity contribution in [1.82, 2.24) is 14.9 Å². The van der Waals surface area contributed by atoms with Crippen LogP contribution < -0.4 is 10.1 Å². The SMILES string of the molecule is CC(NC(=O)c1cccc(Br)c1)c1nc2ccccc2n1CCOc1ccccc1Cl. The van der Waals surface area contributed by atoms with Crippen LogP contribution in [0.5, 0.6) is 5.75 Å². The maximum absolute atomic E-state index is 12.7. The molecule has 0 saturated carbocycles. The minimum absolute atomic E-state index is 0.153. The Balaban J connectivity index is 1.55. The number of ether oxygens (including phenoxy) is 1. The van der Waals surface area contributed by atoms with Gasteiger partial charge in [-0.15, -0.1) is 0 Å². The molecule has 158 valence electrons. The van der Waals surface area contributed by atoms with Crippen molar-refractivity contribution in [2.75, 3.05) is 6.61 Å². The summed E-state index contributed by atoms with van der Waals surface area (Å²) < 4.78 is 8.82. The Bertz CT molecular complexity index is 1220. The van der Waals surface area contributed by atoms with Crippen molar-refractivity contribution in [3.8, 4) is 5.75 Å². The van der Waals surface area contributed by atoms with Gasteiger partial charge in [0.2, 0.25) is 0 Å². The highest BCUT2D eigenvalue weighted by molar-refractivity contribution is 9.10. The molecule has 1 N–H and O–H groups in total. The number of carbonyl (C=O) groups excluding carboxylic acids is 1. The lowest BCUT2D eigenvalue weighted by molar-refractivity contribution is 0.0937. The van der Waals surface area contributed by atoms with Crippen molar-refractivity contribution in [2.24, 2.45) is 0 Å². The fraction of sp³-hybridized carbons (Fsp3) is 0.167. The van der Waals surface area contributed by atoms with E-state index in [0.717, 1.165) is 21.3 Å². The highest BCUT2D eigenvalue weighted by atomic mass is 79.9. The summed E-state index contributed by atoms with van der Waals surface area (Å²) in [5, 5.41) is 3.63. The molecule has 31 heavy (non-hydrogen) atoms. The zero-order valence-corrected chi connectivity index (χ0v) is 19.2. The number of imidazole rings is 1. The van der Waals surface area contributed by atoms with Gasteiger partial charge in [0.25, 0.3) is 5.91 Å². The van der Waals surface area contributed by atoms with Crippen LogP contribution in [0, 0.1) is 0 Å². The zero-order chi connectivity index (χ0) is 21.8. The number of aromatic nitrogens is 2. The van der Waals surface area contributed by atoms with E-state index in [9.17, 15) is 4.79 Å². The topological polar surface area (TPSA) is 56.2 Å². The minimum atomic E-state index is -0.292. The van der Waals surface area contributed by atoms with E-state index in [1.165, 1.54) is 0 Å². The summed E-state index contributed by atoms with van der Waals surface area (Å²) in [7, 11) is 0. The van der Waals surface area contributed by atoms with Crippen molar-refractivity contribution >= 4 is 44.5 Å². The first-order valence-electron chi connectivity index (χ1n) is 9.92. The smallest absolute Gasteiger partial charge is 0.251 e. The molecule has 1 amide bonds. The molecule has 0 fully saturated rings. The molecule has 0 bridgehead atoms. The summed E-state index contributed by atoms with van der Waals surface area (Å²) in [6.45, 7) is 2.92. The molecule has 1 aromatic heterocycles. The fourth-order valence-corrected chi connectivity index (χ4v) is 4.03. The van der Waals surface area contributed by atoms with Crippen LogP contribution in [0.3, 0.4) is 0 Å². The summed E-state index contributed by atoms with van der Waals surface area (Å²) in [5.74, 6) is 1.26. The summed E-state index contributed by atoms with van der Waals surface area (Å²) in [4.78, 5) is 17.5. The molecule has 5 nitrogen and oxygen atoms in total. The number of hydrogen-bond acceptors (Lipinski definition) is 3. The van der Waals surface area contributed by atoms with Crippen LogP contribution >= 0.6 is 27.5 Å². The van der Waals surface area contributed by atoms with Crippen molar-refractivity contribution in [3.63, 3.8) is 0 Å². The molecular formula is C24H21BrClN3O2. The summed E-state index contributed by atoms with van der Waals surface area (Å²) >= 11 is 9.60. The van der Waals surface area contributed by atoms with Crippen molar-refractivity contribution in [2.45, 2.75) is 19.5 Å². The largest absolute Gasteiger partial charge is 0.490 e. The molecule has 1 atom stereocenters. The standard InChI is InChI=1S/C24H21BrClN3O2/c1-16(27-24(30)17-7-6-8-18(25)15-17)23-28-20-10-3-4-11-21(20)29(23)13-14-31-22-12-5-2-9-19(22)26/h2-12,15-16H,13-14H2,1H3,(H,27,30). The zero-order valence-electron chi connectivity index (χ0n) is 16.9. The first-order valence-corrected chi connectivity index (χ1v) is 11.1. The second kappa shape index (κ2) is 9.54. The van der Waals surface area contributed by atoms with Crippen LogP contribution in [0.15, 0.2) is 77.3 Å². The Morgan fingerprint density at radius 3 is 2.71 bits per heavy atom. The molecule has 0 spiro atoms. The maximum atomic E-state index is 12.7. The lowest BCUT2D eigenvalue weighted by Gasteiger charge is -2.17. The van der Waals surface area contributed by atoms with Gasteiger partial charge in [0.1, 0.15) is 18.2 Å². The molecule has 3 aromatic carbocycles. The van der Waals surface area contributed by atoms with Gasteiger partial charge in [-0.1, -0.05) is 57.9 Å². The van der Waals surface area contributed by atoms with Gasteiger partial charge in [0.05, 0.1) is 28.6 Å². The van der Waals surface area contributed by atoms with Gasteiger partial charge in [0.15, 0.2) is 0 Å². The fourth-order valence-electron chi connectivity index (χ4n) is 3.44. The number of hydrogen-bond donors (Lipinski definition) is 1. The van der Waals surface area contributed by atoms with Crippen LogP contribution in [0.1, 0.15) is 29.1 Å². The summed E-state index contributed by atoms with van der Waals surface area (Å²) in [6, 6.07) is 22.3. The third-order valence-electron chi connectivity index (χ3n) is 4.91. The Morgan fingerprint density at radius 2 is 1.90 bits per heavy atom. The van der Waals surface area contributed by atoms with Gasteiger partial charge in [-0.05, 0) is 49.4 Å². The molecule has 0 saturated heterocycles. The van der Waals surface area contributed by atoms with E-state index in [-0.39, 0.29) is 11.9 Å². The molecule has 7 heteroatoms. The van der Waals surface area contributed by atoms with Crippen LogP contribution in [0.2, 0.25) is 5.02 Å². The average molecular weight is 499 g/mol. The second-order valence-corrected chi connectivity index (χ2v) is 8.42. The van der Waals surface area contributed by atoms with Crippen molar-refractivity contribution < 1.29 is 9.53 Å². The lowest BCUT2D eigenvalue weighted by Crippen LogP contribution is -2.29. The third-order valence-corrected chi connectivity index (χ3v) is 5.72. The number of fused-ring (bicyclic) bond motifs is 1. The van der Waals surface area contributed by atoms with Gasteiger partial charge in [0, 0.05) is 10.0 Å². The average Bonchev–Trinajstić information content (AvgIpc) is 3.14. The Labute approximate surface area is 194 Å². The van der Waals surface area contributed by atoms with E-state index >= 15 is 0 Å². The molecule has 0 aliphatic heterocycles. The second-order valence-electron chi connectivity index (χ2n) is 7.09. The molecule has 4 aromatic rings. The van der Waals surface area contributed by atoms with Gasteiger partial charge in [-0.25, -0.2) is 4.98 Å². The van der Waals surface area contributed by atoms with Crippen LogP contribution in [0.4, 0.5) is 0 Å². The van der Waals surface area contributed by atoms with Gasteiger partial charge < -0.3 is 14.6 Å². The highest BCUT2D eigenvalue weighted by Crippen LogP contribution is 2.24. The molecular weight excluding hydrogens is 478 g/mol. The number of benzene rings is 3. The maximum Gasteiger partial charge on any atom is 0.251 e. The molecule has 0 aliphatic carbocycles. The van der Waals surface area contributed by atoms with Crippen LogP contribution in [0.25, 0.3) is 11.0 Å². The van der Waals surface area contributed by atoms with E-state index in [0.29, 0.717) is 29.5 Å². The van der Waals surface area contributed by atoms with E-state index < -0.39 is 0 Å². The number of nitrogens with zero attached hydrogens (tertiary/aromatic N) is 2. The first-order chi connectivity index (χ1) is 15.0. The summed E-state index contributed by atoms with van der Waals surface area (Å²) in [6.07, 6.45) is 0. The number of halogens is 2. The van der Waals surface area contributed by atoms with Crippen molar-refractivity contribution in [1.29, 1.82) is 0 Å². The Morgan fingerprint density at radius 1 is 1.13 bits per heavy atom.